The quantitative estimate of drug-likeness (QED) is 0.612. The average Bonchev–Trinajstić information content (AvgIpc) is 2.57. The Labute approximate surface area is 118 Å². The predicted molar refractivity (Wildman–Crippen MR) is 73.2 cm³/mol. The van der Waals surface area contributed by atoms with Crippen LogP contribution in [-0.4, -0.2) is 0 Å². The highest BCUT2D eigenvalue weighted by atomic mass is 35.5. The van der Waals surface area contributed by atoms with Crippen LogP contribution in [0.3, 0.4) is 0 Å². The minimum Gasteiger partial charge on any atom is -0.207 e. The normalized spacial score (nSPS) is 12.8. The molecule has 2 rings (SSSR count). The third-order valence-electron chi connectivity index (χ3n) is 2.39. The molecule has 1 aromatic carbocycles. The first kappa shape index (κ1) is 13.2. The highest BCUT2D eigenvalue weighted by molar-refractivity contribution is 7.20. The lowest BCUT2D eigenvalue weighted by Crippen LogP contribution is -1.96. The fourth-order valence-electron chi connectivity index (χ4n) is 1.53. The average molecular weight is 310 g/mol. The Morgan fingerprint density at radius 3 is 2.41 bits per heavy atom. The number of alkyl halides is 1. The van der Waals surface area contributed by atoms with Crippen LogP contribution in [0.2, 0.25) is 8.67 Å². The smallest absolute Gasteiger partial charge is 0.128 e. The van der Waals surface area contributed by atoms with E-state index in [-0.39, 0.29) is 5.82 Å². The maximum Gasteiger partial charge on any atom is 0.128 e. The van der Waals surface area contributed by atoms with Gasteiger partial charge in [-0.2, -0.15) is 0 Å². The molecule has 1 aromatic heterocycles. The van der Waals surface area contributed by atoms with Crippen LogP contribution in [0.1, 0.15) is 22.1 Å². The van der Waals surface area contributed by atoms with Gasteiger partial charge in [0.05, 0.1) is 14.0 Å². The van der Waals surface area contributed by atoms with Crippen molar-refractivity contribution in [3.63, 3.8) is 0 Å². The Morgan fingerprint density at radius 1 is 1.18 bits per heavy atom. The van der Waals surface area contributed by atoms with Gasteiger partial charge in [-0.25, -0.2) is 4.39 Å². The summed E-state index contributed by atoms with van der Waals surface area (Å²) >= 11 is 19.3. The summed E-state index contributed by atoms with van der Waals surface area (Å²) in [4.78, 5) is 0. The van der Waals surface area contributed by atoms with E-state index in [1.807, 2.05) is 13.0 Å². The van der Waals surface area contributed by atoms with Crippen molar-refractivity contribution in [3.8, 4) is 0 Å². The summed E-state index contributed by atoms with van der Waals surface area (Å²) in [6.45, 7) is 1.82. The van der Waals surface area contributed by atoms with Gasteiger partial charge in [-0.15, -0.1) is 22.9 Å². The summed E-state index contributed by atoms with van der Waals surface area (Å²) in [5.41, 5.74) is 1.91. The van der Waals surface area contributed by atoms with Gasteiger partial charge >= 0.3 is 0 Å². The Morgan fingerprint density at radius 2 is 1.88 bits per heavy atom. The van der Waals surface area contributed by atoms with Gasteiger partial charge in [0.15, 0.2) is 0 Å². The molecule has 0 bridgehead atoms. The van der Waals surface area contributed by atoms with Crippen molar-refractivity contribution >= 4 is 46.1 Å². The van der Waals surface area contributed by atoms with Gasteiger partial charge in [0.25, 0.3) is 0 Å². The monoisotopic (exact) mass is 308 g/mol. The van der Waals surface area contributed by atoms with E-state index in [0.29, 0.717) is 19.8 Å². The number of hydrogen-bond acceptors (Lipinski definition) is 1. The Hall–Kier alpha value is -0.280. The SMILES string of the molecule is Cc1ccc(C(Cl)c2cc(Cl)sc2Cl)c(F)c1. The molecule has 90 valence electrons. The molecule has 2 aromatic rings. The molecular formula is C12H8Cl3FS. The molecule has 0 saturated carbocycles. The largest absolute Gasteiger partial charge is 0.207 e. The summed E-state index contributed by atoms with van der Waals surface area (Å²) < 4.78 is 14.8. The second-order valence-electron chi connectivity index (χ2n) is 3.67. The number of benzene rings is 1. The molecule has 1 unspecified atom stereocenters. The number of aryl methyl sites for hydroxylation is 1. The molecule has 0 fully saturated rings. The molecule has 0 aliphatic heterocycles. The molecule has 17 heavy (non-hydrogen) atoms. The van der Waals surface area contributed by atoms with Crippen molar-refractivity contribution in [1.82, 2.24) is 0 Å². The summed E-state index contributed by atoms with van der Waals surface area (Å²) in [6.07, 6.45) is 0. The maximum atomic E-state index is 13.8. The fraction of sp³-hybridized carbons (Fsp3) is 0.167. The lowest BCUT2D eigenvalue weighted by Gasteiger charge is -2.10. The Bertz CT molecular complexity index is 551. The number of halogens is 4. The molecule has 0 N–H and O–H groups in total. The number of thiophene rings is 1. The molecule has 0 saturated heterocycles. The Balaban J connectivity index is 2.43. The molecule has 1 heterocycles. The van der Waals surface area contributed by atoms with Crippen molar-refractivity contribution in [1.29, 1.82) is 0 Å². The molecule has 0 amide bonds. The summed E-state index contributed by atoms with van der Waals surface area (Å²) in [7, 11) is 0. The van der Waals surface area contributed by atoms with Crippen LogP contribution in [0, 0.1) is 12.7 Å². The number of rotatable bonds is 2. The summed E-state index contributed by atoms with van der Waals surface area (Å²) in [5.74, 6) is -0.330. The molecule has 0 radical (unpaired) electrons. The molecular weight excluding hydrogens is 302 g/mol. The zero-order valence-corrected chi connectivity index (χ0v) is 11.9. The van der Waals surface area contributed by atoms with Crippen molar-refractivity contribution < 1.29 is 4.39 Å². The summed E-state index contributed by atoms with van der Waals surface area (Å²) in [6, 6.07) is 6.61. The van der Waals surface area contributed by atoms with E-state index < -0.39 is 5.38 Å². The van der Waals surface area contributed by atoms with Crippen LogP contribution in [0.5, 0.6) is 0 Å². The first-order valence-electron chi connectivity index (χ1n) is 4.84. The zero-order chi connectivity index (χ0) is 12.6. The standard InChI is InChI=1S/C12H8Cl3FS/c1-6-2-3-7(9(16)4-6)11(14)8-5-10(13)17-12(8)15/h2-5,11H,1H3. The molecule has 1 atom stereocenters. The lowest BCUT2D eigenvalue weighted by atomic mass is 10.0. The summed E-state index contributed by atoms with van der Waals surface area (Å²) in [5, 5.41) is -0.619. The molecule has 0 aliphatic rings. The van der Waals surface area contributed by atoms with E-state index in [4.69, 9.17) is 34.8 Å². The fourth-order valence-corrected chi connectivity index (χ4v) is 3.53. The molecule has 0 nitrogen and oxygen atoms in total. The van der Waals surface area contributed by atoms with E-state index in [0.717, 1.165) is 5.56 Å². The van der Waals surface area contributed by atoms with E-state index in [2.05, 4.69) is 0 Å². The van der Waals surface area contributed by atoms with Crippen LogP contribution in [-0.2, 0) is 0 Å². The van der Waals surface area contributed by atoms with Crippen LogP contribution in [0.25, 0.3) is 0 Å². The highest BCUT2D eigenvalue weighted by Crippen LogP contribution is 2.41. The predicted octanol–water partition coefficient (Wildman–Crippen LogP) is 5.83. The third kappa shape index (κ3) is 2.76. The van der Waals surface area contributed by atoms with Crippen molar-refractivity contribution in [3.05, 3.63) is 55.4 Å². The lowest BCUT2D eigenvalue weighted by molar-refractivity contribution is 0.611. The second-order valence-corrected chi connectivity index (χ2v) is 6.39. The van der Waals surface area contributed by atoms with Crippen molar-refractivity contribution in [2.45, 2.75) is 12.3 Å². The highest BCUT2D eigenvalue weighted by Gasteiger charge is 2.20. The van der Waals surface area contributed by atoms with Crippen LogP contribution < -0.4 is 0 Å². The minimum atomic E-state index is -0.619. The van der Waals surface area contributed by atoms with Gasteiger partial charge in [-0.05, 0) is 24.6 Å². The van der Waals surface area contributed by atoms with Crippen LogP contribution in [0.4, 0.5) is 4.39 Å². The van der Waals surface area contributed by atoms with Gasteiger partial charge < -0.3 is 0 Å². The van der Waals surface area contributed by atoms with Gasteiger partial charge in [0.1, 0.15) is 5.82 Å². The van der Waals surface area contributed by atoms with E-state index in [1.165, 1.54) is 17.4 Å². The van der Waals surface area contributed by atoms with E-state index in [1.54, 1.807) is 12.1 Å². The van der Waals surface area contributed by atoms with Gasteiger partial charge in [0.2, 0.25) is 0 Å². The molecule has 0 spiro atoms. The number of hydrogen-bond donors (Lipinski definition) is 0. The molecule has 5 heteroatoms. The third-order valence-corrected chi connectivity index (χ3v) is 4.37. The van der Waals surface area contributed by atoms with E-state index in [9.17, 15) is 4.39 Å². The van der Waals surface area contributed by atoms with Gasteiger partial charge in [-0.1, -0.05) is 35.3 Å². The van der Waals surface area contributed by atoms with Crippen LogP contribution >= 0.6 is 46.1 Å². The minimum absolute atomic E-state index is 0.330. The van der Waals surface area contributed by atoms with Crippen molar-refractivity contribution in [2.24, 2.45) is 0 Å². The van der Waals surface area contributed by atoms with E-state index >= 15 is 0 Å². The maximum absolute atomic E-state index is 13.8. The van der Waals surface area contributed by atoms with Crippen molar-refractivity contribution in [2.75, 3.05) is 0 Å². The van der Waals surface area contributed by atoms with Gasteiger partial charge in [-0.3, -0.25) is 0 Å². The first-order valence-corrected chi connectivity index (χ1v) is 6.85. The zero-order valence-electron chi connectivity index (χ0n) is 8.81. The van der Waals surface area contributed by atoms with Gasteiger partial charge in [0, 0.05) is 11.1 Å². The second kappa shape index (κ2) is 5.15. The first-order chi connectivity index (χ1) is 7.99. The van der Waals surface area contributed by atoms with Crippen LogP contribution in [0.15, 0.2) is 24.3 Å². The molecule has 0 aliphatic carbocycles. The Kier molecular flexibility index (Phi) is 3.99. The topological polar surface area (TPSA) is 0 Å².